The highest BCUT2D eigenvalue weighted by Crippen LogP contribution is 1.95. The summed E-state index contributed by atoms with van der Waals surface area (Å²) in [5.41, 5.74) is 0.803. The van der Waals surface area contributed by atoms with Crippen LogP contribution in [0.25, 0.3) is 0 Å². The van der Waals surface area contributed by atoms with Gasteiger partial charge in [-0.15, -0.1) is 0 Å². The Morgan fingerprint density at radius 2 is 2.17 bits per heavy atom. The van der Waals surface area contributed by atoms with E-state index in [1.54, 1.807) is 6.34 Å². The first kappa shape index (κ1) is 11.0. The molecule has 0 fully saturated rings. The Morgan fingerprint density at radius 1 is 1.50 bits per heavy atom. The molecule has 0 atom stereocenters. The maximum atomic E-state index is 4.15. The molecule has 2 heteroatoms. The van der Waals surface area contributed by atoms with Crippen LogP contribution in [0, 0.1) is 0 Å². The van der Waals surface area contributed by atoms with Gasteiger partial charge in [0.2, 0.25) is 0 Å². The number of nitrogens with zero attached hydrogens (tertiary/aromatic N) is 2. The average molecular weight is 166 g/mol. The molecule has 0 aliphatic heterocycles. The standard InChI is InChI=1S/C10H18N2/c1-5-7-8-10(3)11-9-12(4)6-2/h7-9H,3,5-6H2,1-2,4H3/b8-7-,11-9-. The van der Waals surface area contributed by atoms with Crippen LogP contribution < -0.4 is 0 Å². The molecule has 0 radical (unpaired) electrons. The van der Waals surface area contributed by atoms with Gasteiger partial charge in [0.25, 0.3) is 0 Å². The lowest BCUT2D eigenvalue weighted by atomic mass is 10.4. The van der Waals surface area contributed by atoms with Crippen molar-refractivity contribution in [2.75, 3.05) is 13.6 Å². The summed E-state index contributed by atoms with van der Waals surface area (Å²) in [6, 6.07) is 0. The first-order valence-electron chi connectivity index (χ1n) is 4.30. The average Bonchev–Trinajstić information content (AvgIpc) is 2.10. The fraction of sp³-hybridized carbons (Fsp3) is 0.500. The highest BCUT2D eigenvalue weighted by atomic mass is 15.1. The topological polar surface area (TPSA) is 15.6 Å². The molecule has 0 heterocycles. The zero-order valence-corrected chi connectivity index (χ0v) is 8.25. The van der Waals surface area contributed by atoms with Gasteiger partial charge in [-0.05, 0) is 19.4 Å². The van der Waals surface area contributed by atoms with Crippen molar-refractivity contribution in [1.82, 2.24) is 4.90 Å². The van der Waals surface area contributed by atoms with E-state index in [1.807, 2.05) is 24.1 Å². The fourth-order valence-electron chi connectivity index (χ4n) is 0.551. The molecule has 0 spiro atoms. The molecule has 0 saturated carbocycles. The Hall–Kier alpha value is -1.05. The van der Waals surface area contributed by atoms with Gasteiger partial charge < -0.3 is 4.90 Å². The number of hydrogen-bond acceptors (Lipinski definition) is 1. The zero-order valence-electron chi connectivity index (χ0n) is 8.25. The second-order valence-corrected chi connectivity index (χ2v) is 2.62. The monoisotopic (exact) mass is 166 g/mol. The van der Waals surface area contributed by atoms with Crippen LogP contribution in [-0.4, -0.2) is 24.8 Å². The van der Waals surface area contributed by atoms with E-state index in [1.165, 1.54) is 0 Å². The summed E-state index contributed by atoms with van der Waals surface area (Å²) in [7, 11) is 1.99. The molecular weight excluding hydrogens is 148 g/mol. The second-order valence-electron chi connectivity index (χ2n) is 2.62. The molecular formula is C10H18N2. The van der Waals surface area contributed by atoms with Crippen molar-refractivity contribution in [3.63, 3.8) is 0 Å². The van der Waals surface area contributed by atoms with Gasteiger partial charge in [0.15, 0.2) is 0 Å². The molecule has 0 aromatic heterocycles. The fourth-order valence-corrected chi connectivity index (χ4v) is 0.551. The minimum absolute atomic E-state index is 0.803. The summed E-state index contributed by atoms with van der Waals surface area (Å²) in [6.07, 6.45) is 6.80. The van der Waals surface area contributed by atoms with Crippen LogP contribution in [0.5, 0.6) is 0 Å². The lowest BCUT2D eigenvalue weighted by Gasteiger charge is -2.07. The van der Waals surface area contributed by atoms with Crippen molar-refractivity contribution < 1.29 is 0 Å². The number of hydrogen-bond donors (Lipinski definition) is 0. The van der Waals surface area contributed by atoms with Crippen LogP contribution in [-0.2, 0) is 0 Å². The van der Waals surface area contributed by atoms with Crippen LogP contribution in [0.2, 0.25) is 0 Å². The van der Waals surface area contributed by atoms with Crippen molar-refractivity contribution in [3.05, 3.63) is 24.4 Å². The van der Waals surface area contributed by atoms with Crippen molar-refractivity contribution in [1.29, 1.82) is 0 Å². The predicted molar refractivity (Wildman–Crippen MR) is 55.4 cm³/mol. The lowest BCUT2D eigenvalue weighted by molar-refractivity contribution is 0.551. The summed E-state index contributed by atoms with van der Waals surface area (Å²) in [6.45, 7) is 8.92. The summed E-state index contributed by atoms with van der Waals surface area (Å²) in [4.78, 5) is 6.16. The second kappa shape index (κ2) is 6.65. The van der Waals surface area contributed by atoms with Crippen LogP contribution in [0.3, 0.4) is 0 Å². The summed E-state index contributed by atoms with van der Waals surface area (Å²) in [5, 5.41) is 0. The lowest BCUT2D eigenvalue weighted by Crippen LogP contribution is -2.14. The molecule has 0 aromatic rings. The molecule has 68 valence electrons. The quantitative estimate of drug-likeness (QED) is 0.348. The van der Waals surface area contributed by atoms with E-state index in [4.69, 9.17) is 0 Å². The van der Waals surface area contributed by atoms with E-state index < -0.39 is 0 Å². The van der Waals surface area contributed by atoms with Crippen molar-refractivity contribution in [2.45, 2.75) is 20.3 Å². The van der Waals surface area contributed by atoms with E-state index >= 15 is 0 Å². The number of aliphatic imine (C=N–C) groups is 1. The van der Waals surface area contributed by atoms with Gasteiger partial charge in [0, 0.05) is 13.6 Å². The number of allylic oxidation sites excluding steroid dienone is 2. The van der Waals surface area contributed by atoms with E-state index in [2.05, 4.69) is 25.4 Å². The summed E-state index contributed by atoms with van der Waals surface area (Å²) < 4.78 is 0. The zero-order chi connectivity index (χ0) is 9.40. The minimum atomic E-state index is 0.803. The van der Waals surface area contributed by atoms with Crippen molar-refractivity contribution in [3.8, 4) is 0 Å². The molecule has 0 aliphatic carbocycles. The smallest absolute Gasteiger partial charge is 0.0909 e. The van der Waals surface area contributed by atoms with Crippen LogP contribution in [0.4, 0.5) is 0 Å². The Kier molecular flexibility index (Phi) is 6.07. The third-order valence-corrected chi connectivity index (χ3v) is 1.47. The molecule has 0 N–H and O–H groups in total. The largest absolute Gasteiger partial charge is 0.366 e. The van der Waals surface area contributed by atoms with Crippen LogP contribution in [0.1, 0.15) is 20.3 Å². The Bertz CT molecular complexity index is 180. The molecule has 0 aromatic carbocycles. The number of rotatable bonds is 5. The Morgan fingerprint density at radius 3 is 2.67 bits per heavy atom. The molecule has 0 bridgehead atoms. The van der Waals surface area contributed by atoms with E-state index in [9.17, 15) is 0 Å². The Labute approximate surface area is 75.3 Å². The highest BCUT2D eigenvalue weighted by molar-refractivity contribution is 5.56. The molecule has 0 amide bonds. The summed E-state index contributed by atoms with van der Waals surface area (Å²) >= 11 is 0. The molecule has 2 nitrogen and oxygen atoms in total. The van der Waals surface area contributed by atoms with Gasteiger partial charge in [-0.1, -0.05) is 19.6 Å². The van der Waals surface area contributed by atoms with Crippen molar-refractivity contribution in [2.24, 2.45) is 4.99 Å². The molecule has 0 saturated heterocycles. The van der Waals surface area contributed by atoms with Gasteiger partial charge in [-0.3, -0.25) is 0 Å². The van der Waals surface area contributed by atoms with Crippen molar-refractivity contribution >= 4 is 6.34 Å². The third-order valence-electron chi connectivity index (χ3n) is 1.47. The summed E-state index contributed by atoms with van der Waals surface area (Å²) in [5.74, 6) is 0. The normalized spacial score (nSPS) is 11.2. The Balaban J connectivity index is 3.83. The van der Waals surface area contributed by atoms with Gasteiger partial charge >= 0.3 is 0 Å². The molecule has 0 rings (SSSR count). The maximum Gasteiger partial charge on any atom is 0.0909 e. The van der Waals surface area contributed by atoms with Gasteiger partial charge in [0.05, 0.1) is 12.0 Å². The molecule has 0 unspecified atom stereocenters. The van der Waals surface area contributed by atoms with Gasteiger partial charge in [-0.25, -0.2) is 4.99 Å². The SMILES string of the molecule is C=C(/C=C\CC)/N=C\N(C)CC. The maximum absolute atomic E-state index is 4.15. The van der Waals surface area contributed by atoms with Crippen LogP contribution in [0.15, 0.2) is 29.4 Å². The van der Waals surface area contributed by atoms with Gasteiger partial charge in [-0.2, -0.15) is 0 Å². The minimum Gasteiger partial charge on any atom is -0.366 e. The van der Waals surface area contributed by atoms with Gasteiger partial charge in [0.1, 0.15) is 0 Å². The molecule has 12 heavy (non-hydrogen) atoms. The highest BCUT2D eigenvalue weighted by Gasteiger charge is 1.84. The van der Waals surface area contributed by atoms with E-state index in [-0.39, 0.29) is 0 Å². The van der Waals surface area contributed by atoms with E-state index in [0.717, 1.165) is 18.7 Å². The molecule has 0 aliphatic rings. The first-order valence-corrected chi connectivity index (χ1v) is 4.30. The predicted octanol–water partition coefficient (Wildman–Crippen LogP) is 2.45. The third kappa shape index (κ3) is 5.71. The van der Waals surface area contributed by atoms with Crippen LogP contribution >= 0.6 is 0 Å². The first-order chi connectivity index (χ1) is 5.70. The van der Waals surface area contributed by atoms with E-state index in [0.29, 0.717) is 0 Å².